The summed E-state index contributed by atoms with van der Waals surface area (Å²) in [6.45, 7) is 0. The third-order valence-corrected chi connectivity index (χ3v) is 2.75. The number of hydrogen-bond donors (Lipinski definition) is 2. The van der Waals surface area contributed by atoms with Crippen LogP contribution in [-0.2, 0) is 0 Å². The Bertz CT molecular complexity index is 400. The molecule has 0 atom stereocenters. The van der Waals surface area contributed by atoms with Crippen molar-refractivity contribution < 1.29 is 9.90 Å². The Hall–Kier alpha value is -1.71. The first-order valence-electron chi connectivity index (χ1n) is 4.95. The molecule has 1 aliphatic carbocycles. The van der Waals surface area contributed by atoms with Crippen molar-refractivity contribution in [2.24, 2.45) is 0 Å². The largest absolute Gasteiger partial charge is 0.478 e. The third kappa shape index (κ3) is 1.88. The molecule has 0 saturated heterocycles. The van der Waals surface area contributed by atoms with E-state index in [-0.39, 0.29) is 5.56 Å². The van der Waals surface area contributed by atoms with E-state index in [9.17, 15) is 4.79 Å². The van der Waals surface area contributed by atoms with Gasteiger partial charge in [-0.3, -0.25) is 0 Å². The van der Waals surface area contributed by atoms with Gasteiger partial charge in [0.15, 0.2) is 0 Å². The molecule has 4 nitrogen and oxygen atoms in total. The highest BCUT2D eigenvalue weighted by Crippen LogP contribution is 2.33. The molecule has 0 aromatic heterocycles. The van der Waals surface area contributed by atoms with Gasteiger partial charge >= 0.3 is 5.97 Å². The number of aromatic carboxylic acids is 1. The highest BCUT2D eigenvalue weighted by atomic mass is 16.4. The summed E-state index contributed by atoms with van der Waals surface area (Å²) in [6, 6.07) is 5.34. The van der Waals surface area contributed by atoms with Gasteiger partial charge in [-0.05, 0) is 31.0 Å². The Labute approximate surface area is 88.3 Å². The van der Waals surface area contributed by atoms with Gasteiger partial charge in [0, 0.05) is 13.1 Å². The van der Waals surface area contributed by atoms with Gasteiger partial charge < -0.3 is 15.7 Å². The van der Waals surface area contributed by atoms with Gasteiger partial charge in [0.05, 0.1) is 16.9 Å². The van der Waals surface area contributed by atoms with Crippen LogP contribution >= 0.6 is 0 Å². The van der Waals surface area contributed by atoms with E-state index in [1.807, 2.05) is 7.05 Å². The predicted molar refractivity (Wildman–Crippen MR) is 59.2 cm³/mol. The van der Waals surface area contributed by atoms with Crippen LogP contribution in [0.3, 0.4) is 0 Å². The average molecular weight is 206 g/mol. The van der Waals surface area contributed by atoms with Crippen LogP contribution < -0.4 is 10.6 Å². The Morgan fingerprint density at radius 2 is 2.20 bits per heavy atom. The van der Waals surface area contributed by atoms with E-state index in [2.05, 4.69) is 4.90 Å². The number of nitrogens with two attached hydrogens (primary N) is 1. The molecule has 4 heteroatoms. The second-order valence-corrected chi connectivity index (χ2v) is 3.92. The molecule has 0 amide bonds. The standard InChI is InChI=1S/C11H14N2O2/c1-13(8-3-4-8)10-6-7(11(14)15)2-5-9(10)12/h2,5-6,8H,3-4,12H2,1H3,(H,14,15). The second kappa shape index (κ2) is 3.46. The van der Waals surface area contributed by atoms with Crippen molar-refractivity contribution in [3.63, 3.8) is 0 Å². The molecular weight excluding hydrogens is 192 g/mol. The summed E-state index contributed by atoms with van der Waals surface area (Å²) in [5.74, 6) is -0.916. The van der Waals surface area contributed by atoms with Crippen molar-refractivity contribution in [3.8, 4) is 0 Å². The monoisotopic (exact) mass is 206 g/mol. The maximum absolute atomic E-state index is 10.8. The van der Waals surface area contributed by atoms with E-state index in [1.165, 1.54) is 6.07 Å². The number of carboxylic acid groups (broad SMARTS) is 1. The quantitative estimate of drug-likeness (QED) is 0.736. The fourth-order valence-electron chi connectivity index (χ4n) is 1.64. The molecule has 0 spiro atoms. The van der Waals surface area contributed by atoms with E-state index < -0.39 is 5.97 Å². The number of nitrogen functional groups attached to an aromatic ring is 1. The Morgan fingerprint density at radius 3 is 2.73 bits per heavy atom. The highest BCUT2D eigenvalue weighted by molar-refractivity contribution is 5.90. The Morgan fingerprint density at radius 1 is 1.53 bits per heavy atom. The van der Waals surface area contributed by atoms with Crippen LogP contribution in [0.2, 0.25) is 0 Å². The molecule has 0 bridgehead atoms. The normalized spacial score (nSPS) is 15.0. The van der Waals surface area contributed by atoms with Crippen molar-refractivity contribution in [3.05, 3.63) is 23.8 Å². The van der Waals surface area contributed by atoms with Crippen LogP contribution in [0.1, 0.15) is 23.2 Å². The molecule has 15 heavy (non-hydrogen) atoms. The molecule has 0 radical (unpaired) electrons. The SMILES string of the molecule is CN(c1cc(C(=O)O)ccc1N)C1CC1. The summed E-state index contributed by atoms with van der Waals surface area (Å²) in [6.07, 6.45) is 2.32. The summed E-state index contributed by atoms with van der Waals surface area (Å²) in [5, 5.41) is 8.88. The predicted octanol–water partition coefficient (Wildman–Crippen LogP) is 1.57. The second-order valence-electron chi connectivity index (χ2n) is 3.92. The summed E-state index contributed by atoms with van der Waals surface area (Å²) in [5.41, 5.74) is 7.56. The first kappa shape index (κ1) is 9.83. The number of carbonyl (C=O) groups is 1. The van der Waals surface area contributed by atoms with Crippen LogP contribution in [0.15, 0.2) is 18.2 Å². The van der Waals surface area contributed by atoms with Gasteiger partial charge in [0.25, 0.3) is 0 Å². The summed E-state index contributed by atoms with van der Waals surface area (Å²) < 4.78 is 0. The first-order chi connectivity index (χ1) is 7.09. The molecule has 3 N–H and O–H groups in total. The number of nitrogens with zero attached hydrogens (tertiary/aromatic N) is 1. The maximum Gasteiger partial charge on any atom is 0.335 e. The Balaban J connectivity index is 2.35. The van der Waals surface area contributed by atoms with Crippen LogP contribution in [0, 0.1) is 0 Å². The molecule has 1 aromatic rings. The van der Waals surface area contributed by atoms with E-state index in [0.717, 1.165) is 18.5 Å². The zero-order valence-corrected chi connectivity index (χ0v) is 8.60. The first-order valence-corrected chi connectivity index (χ1v) is 4.95. The number of anilines is 2. The zero-order valence-electron chi connectivity index (χ0n) is 8.60. The van der Waals surface area contributed by atoms with E-state index in [0.29, 0.717) is 11.7 Å². The molecule has 1 saturated carbocycles. The number of benzene rings is 1. The molecule has 80 valence electrons. The molecule has 0 unspecified atom stereocenters. The van der Waals surface area contributed by atoms with E-state index >= 15 is 0 Å². The zero-order chi connectivity index (χ0) is 11.0. The number of carboxylic acids is 1. The summed E-state index contributed by atoms with van der Waals surface area (Å²) in [4.78, 5) is 12.9. The van der Waals surface area contributed by atoms with Crippen molar-refractivity contribution in [1.82, 2.24) is 0 Å². The lowest BCUT2D eigenvalue weighted by Crippen LogP contribution is -2.21. The minimum atomic E-state index is -0.916. The summed E-state index contributed by atoms with van der Waals surface area (Å²) in [7, 11) is 1.95. The molecule has 1 aromatic carbocycles. The number of rotatable bonds is 3. The molecular formula is C11H14N2O2. The fourth-order valence-corrected chi connectivity index (χ4v) is 1.64. The van der Waals surface area contributed by atoms with E-state index in [1.54, 1.807) is 12.1 Å². The van der Waals surface area contributed by atoms with Crippen LogP contribution in [0.4, 0.5) is 11.4 Å². The van der Waals surface area contributed by atoms with Crippen LogP contribution in [-0.4, -0.2) is 24.2 Å². The van der Waals surface area contributed by atoms with Gasteiger partial charge in [-0.1, -0.05) is 0 Å². The minimum absolute atomic E-state index is 0.284. The molecule has 1 fully saturated rings. The highest BCUT2D eigenvalue weighted by Gasteiger charge is 2.27. The van der Waals surface area contributed by atoms with Gasteiger partial charge in [-0.15, -0.1) is 0 Å². The van der Waals surface area contributed by atoms with Gasteiger partial charge in [0.1, 0.15) is 0 Å². The molecule has 0 aliphatic heterocycles. The maximum atomic E-state index is 10.8. The topological polar surface area (TPSA) is 66.6 Å². The van der Waals surface area contributed by atoms with Crippen molar-refractivity contribution in [1.29, 1.82) is 0 Å². The van der Waals surface area contributed by atoms with Gasteiger partial charge in [-0.25, -0.2) is 4.79 Å². The van der Waals surface area contributed by atoms with Crippen LogP contribution in [0.25, 0.3) is 0 Å². The summed E-state index contributed by atoms with van der Waals surface area (Å²) >= 11 is 0. The van der Waals surface area contributed by atoms with E-state index in [4.69, 9.17) is 10.8 Å². The third-order valence-electron chi connectivity index (χ3n) is 2.75. The van der Waals surface area contributed by atoms with Crippen molar-refractivity contribution in [2.45, 2.75) is 18.9 Å². The van der Waals surface area contributed by atoms with Crippen molar-refractivity contribution in [2.75, 3.05) is 17.7 Å². The van der Waals surface area contributed by atoms with Crippen molar-refractivity contribution >= 4 is 17.3 Å². The lowest BCUT2D eigenvalue weighted by Gasteiger charge is -2.20. The average Bonchev–Trinajstić information content (AvgIpc) is 3.00. The molecule has 1 aliphatic rings. The Kier molecular flexibility index (Phi) is 2.26. The van der Waals surface area contributed by atoms with Crippen LogP contribution in [0.5, 0.6) is 0 Å². The minimum Gasteiger partial charge on any atom is -0.478 e. The molecule has 2 rings (SSSR count). The van der Waals surface area contributed by atoms with Gasteiger partial charge in [0.2, 0.25) is 0 Å². The number of hydrogen-bond acceptors (Lipinski definition) is 3. The van der Waals surface area contributed by atoms with Gasteiger partial charge in [-0.2, -0.15) is 0 Å². The fraction of sp³-hybridized carbons (Fsp3) is 0.364. The smallest absolute Gasteiger partial charge is 0.335 e. The lowest BCUT2D eigenvalue weighted by atomic mass is 10.1. The lowest BCUT2D eigenvalue weighted by molar-refractivity contribution is 0.0697. The molecule has 0 heterocycles.